The van der Waals surface area contributed by atoms with Gasteiger partial charge in [-0.2, -0.15) is 0 Å². The van der Waals surface area contributed by atoms with Crippen LogP contribution in [-0.4, -0.2) is 26.9 Å². The molecule has 1 atom stereocenters. The third kappa shape index (κ3) is 4.82. The van der Waals surface area contributed by atoms with Gasteiger partial charge in [0.1, 0.15) is 12.4 Å². The minimum Gasteiger partial charge on any atom is -0.352 e. The summed E-state index contributed by atoms with van der Waals surface area (Å²) in [5.41, 5.74) is 0.365. The molecule has 0 spiro atoms. The van der Waals surface area contributed by atoms with E-state index in [2.05, 4.69) is 5.32 Å². The summed E-state index contributed by atoms with van der Waals surface area (Å²) in [5.74, 6) is -0.711. The number of anilines is 1. The predicted octanol–water partition coefficient (Wildman–Crippen LogP) is 3.18. The Hall–Kier alpha value is -2.41. The van der Waals surface area contributed by atoms with Crippen LogP contribution in [0.15, 0.2) is 59.5 Å². The maximum atomic E-state index is 13.2. The zero-order valence-corrected chi connectivity index (χ0v) is 15.8. The van der Waals surface area contributed by atoms with Gasteiger partial charge in [-0.15, -0.1) is 0 Å². The highest BCUT2D eigenvalue weighted by atomic mass is 32.2. The van der Waals surface area contributed by atoms with Crippen LogP contribution in [0.3, 0.4) is 0 Å². The zero-order chi connectivity index (χ0) is 19.3. The van der Waals surface area contributed by atoms with Crippen LogP contribution in [-0.2, 0) is 14.8 Å². The van der Waals surface area contributed by atoms with Gasteiger partial charge in [-0.1, -0.05) is 32.0 Å². The Labute approximate surface area is 153 Å². The summed E-state index contributed by atoms with van der Waals surface area (Å²) in [7, 11) is -4.02. The van der Waals surface area contributed by atoms with Crippen molar-refractivity contribution >= 4 is 21.6 Å². The summed E-state index contributed by atoms with van der Waals surface area (Å²) in [5, 5.41) is 2.81. The zero-order valence-electron chi connectivity index (χ0n) is 15.0. The van der Waals surface area contributed by atoms with Crippen LogP contribution in [0.2, 0.25) is 0 Å². The lowest BCUT2D eigenvalue weighted by Gasteiger charge is -2.25. The summed E-state index contributed by atoms with van der Waals surface area (Å²) in [6, 6.07) is 12.8. The Kier molecular flexibility index (Phi) is 6.37. The molecule has 0 saturated heterocycles. The SMILES string of the molecule is CC(C)[C@@H](C)NC(=O)CN(c1ccccc1)S(=O)(=O)c1ccc(F)cc1. The molecular formula is C19H23FN2O3S. The van der Waals surface area contributed by atoms with Crippen molar-refractivity contribution in [2.75, 3.05) is 10.8 Å². The first-order valence-corrected chi connectivity index (χ1v) is 9.78. The number of rotatable bonds is 7. The van der Waals surface area contributed by atoms with Crippen molar-refractivity contribution in [1.29, 1.82) is 0 Å². The van der Waals surface area contributed by atoms with Crippen LogP contribution in [0, 0.1) is 11.7 Å². The summed E-state index contributed by atoms with van der Waals surface area (Å²) >= 11 is 0. The normalized spacial score (nSPS) is 12.7. The topological polar surface area (TPSA) is 66.5 Å². The standard InChI is InChI=1S/C19H23FN2O3S/c1-14(2)15(3)21-19(23)13-22(17-7-5-4-6-8-17)26(24,25)18-11-9-16(20)10-12-18/h4-12,14-15H,13H2,1-3H3,(H,21,23)/t15-/m1/s1. The number of para-hydroxylation sites is 1. The van der Waals surface area contributed by atoms with Gasteiger partial charge in [0.25, 0.3) is 10.0 Å². The summed E-state index contributed by atoms with van der Waals surface area (Å²) < 4.78 is 40.2. The maximum Gasteiger partial charge on any atom is 0.264 e. The minimum atomic E-state index is -4.02. The fourth-order valence-electron chi connectivity index (χ4n) is 2.24. The molecule has 2 rings (SSSR count). The van der Waals surface area contributed by atoms with Crippen LogP contribution in [0.4, 0.5) is 10.1 Å². The number of sulfonamides is 1. The Morgan fingerprint density at radius 1 is 1.04 bits per heavy atom. The molecular weight excluding hydrogens is 355 g/mol. The number of carbonyl (C=O) groups excluding carboxylic acids is 1. The van der Waals surface area contributed by atoms with E-state index >= 15 is 0 Å². The molecule has 0 aliphatic rings. The van der Waals surface area contributed by atoms with Crippen molar-refractivity contribution in [2.24, 2.45) is 5.92 Å². The van der Waals surface area contributed by atoms with Crippen molar-refractivity contribution in [3.8, 4) is 0 Å². The number of halogens is 1. The highest BCUT2D eigenvalue weighted by molar-refractivity contribution is 7.92. The van der Waals surface area contributed by atoms with Gasteiger partial charge in [-0.05, 0) is 49.2 Å². The van der Waals surface area contributed by atoms with E-state index in [0.717, 1.165) is 16.4 Å². The third-order valence-corrected chi connectivity index (χ3v) is 5.91. The predicted molar refractivity (Wildman–Crippen MR) is 99.8 cm³/mol. The van der Waals surface area contributed by atoms with Crippen molar-refractivity contribution < 1.29 is 17.6 Å². The number of benzene rings is 2. The molecule has 0 heterocycles. The van der Waals surface area contributed by atoms with Gasteiger partial charge in [-0.3, -0.25) is 9.10 Å². The first-order chi connectivity index (χ1) is 12.2. The van der Waals surface area contributed by atoms with E-state index in [4.69, 9.17) is 0 Å². The summed E-state index contributed by atoms with van der Waals surface area (Å²) in [6.45, 7) is 5.44. The molecule has 26 heavy (non-hydrogen) atoms. The maximum absolute atomic E-state index is 13.2. The number of carbonyl (C=O) groups is 1. The van der Waals surface area contributed by atoms with E-state index in [1.165, 1.54) is 12.1 Å². The van der Waals surface area contributed by atoms with Gasteiger partial charge in [0.05, 0.1) is 10.6 Å². The van der Waals surface area contributed by atoms with E-state index < -0.39 is 21.7 Å². The smallest absolute Gasteiger partial charge is 0.264 e. The molecule has 0 radical (unpaired) electrons. The minimum absolute atomic E-state index is 0.0764. The molecule has 0 unspecified atom stereocenters. The van der Waals surface area contributed by atoms with Crippen LogP contribution in [0.5, 0.6) is 0 Å². The molecule has 0 aromatic heterocycles. The molecule has 0 aliphatic carbocycles. The second-order valence-electron chi connectivity index (χ2n) is 6.40. The molecule has 2 aromatic rings. The van der Waals surface area contributed by atoms with Gasteiger partial charge < -0.3 is 5.32 Å². The highest BCUT2D eigenvalue weighted by Gasteiger charge is 2.27. The Morgan fingerprint density at radius 3 is 2.15 bits per heavy atom. The fourth-order valence-corrected chi connectivity index (χ4v) is 3.66. The molecule has 7 heteroatoms. The first kappa shape index (κ1) is 19.9. The van der Waals surface area contributed by atoms with Crippen molar-refractivity contribution in [3.63, 3.8) is 0 Å². The molecule has 0 aliphatic heterocycles. The van der Waals surface area contributed by atoms with Gasteiger partial charge >= 0.3 is 0 Å². The largest absolute Gasteiger partial charge is 0.352 e. The summed E-state index contributed by atoms with van der Waals surface area (Å²) in [4.78, 5) is 12.3. The average molecular weight is 378 g/mol. The lowest BCUT2D eigenvalue weighted by Crippen LogP contribution is -2.45. The molecule has 140 valence electrons. The number of nitrogens with one attached hydrogen (secondary N) is 1. The molecule has 0 fully saturated rings. The van der Waals surface area contributed by atoms with Crippen LogP contribution in [0.25, 0.3) is 0 Å². The van der Waals surface area contributed by atoms with E-state index in [-0.39, 0.29) is 23.4 Å². The van der Waals surface area contributed by atoms with Gasteiger partial charge in [0.2, 0.25) is 5.91 Å². The van der Waals surface area contributed by atoms with E-state index in [9.17, 15) is 17.6 Å². The van der Waals surface area contributed by atoms with E-state index in [0.29, 0.717) is 5.69 Å². The van der Waals surface area contributed by atoms with Crippen molar-refractivity contribution in [3.05, 3.63) is 60.4 Å². The molecule has 5 nitrogen and oxygen atoms in total. The lowest BCUT2D eigenvalue weighted by atomic mass is 10.1. The Balaban J connectivity index is 2.36. The molecule has 2 aromatic carbocycles. The number of hydrogen-bond donors (Lipinski definition) is 1. The highest BCUT2D eigenvalue weighted by Crippen LogP contribution is 2.23. The Bertz CT molecular complexity index is 837. The molecule has 0 saturated carbocycles. The fraction of sp³-hybridized carbons (Fsp3) is 0.316. The summed E-state index contributed by atoms with van der Waals surface area (Å²) in [6.07, 6.45) is 0. The van der Waals surface area contributed by atoms with E-state index in [1.54, 1.807) is 30.3 Å². The van der Waals surface area contributed by atoms with Crippen LogP contribution >= 0.6 is 0 Å². The number of hydrogen-bond acceptors (Lipinski definition) is 3. The van der Waals surface area contributed by atoms with Crippen LogP contribution < -0.4 is 9.62 Å². The molecule has 1 amide bonds. The molecule has 0 bridgehead atoms. The van der Waals surface area contributed by atoms with Crippen molar-refractivity contribution in [1.82, 2.24) is 5.32 Å². The lowest BCUT2D eigenvalue weighted by molar-refractivity contribution is -0.120. The second kappa shape index (κ2) is 8.31. The number of amides is 1. The Morgan fingerprint density at radius 2 is 1.62 bits per heavy atom. The van der Waals surface area contributed by atoms with Gasteiger partial charge in [0.15, 0.2) is 0 Å². The van der Waals surface area contributed by atoms with Crippen molar-refractivity contribution in [2.45, 2.75) is 31.7 Å². The third-order valence-electron chi connectivity index (χ3n) is 4.12. The average Bonchev–Trinajstić information content (AvgIpc) is 2.60. The monoisotopic (exact) mass is 378 g/mol. The van der Waals surface area contributed by atoms with Crippen LogP contribution in [0.1, 0.15) is 20.8 Å². The van der Waals surface area contributed by atoms with Gasteiger partial charge in [0, 0.05) is 6.04 Å². The van der Waals surface area contributed by atoms with Gasteiger partial charge in [-0.25, -0.2) is 12.8 Å². The quantitative estimate of drug-likeness (QED) is 0.805. The first-order valence-electron chi connectivity index (χ1n) is 8.34. The van der Waals surface area contributed by atoms with E-state index in [1.807, 2.05) is 20.8 Å². The molecule has 1 N–H and O–H groups in total. The second-order valence-corrected chi connectivity index (χ2v) is 8.26. The number of nitrogens with zero attached hydrogens (tertiary/aromatic N) is 1.